The molecule has 0 bridgehead atoms. The van der Waals surface area contributed by atoms with Crippen LogP contribution in [0.15, 0.2) is 27.8 Å². The fraction of sp³-hybridized carbons (Fsp3) is 0.333. The Kier molecular flexibility index (Phi) is 6.65. The first-order valence-electron chi connectivity index (χ1n) is 8.91. The molecule has 1 heterocycles. The van der Waals surface area contributed by atoms with Crippen LogP contribution >= 0.6 is 0 Å². The molecule has 0 aliphatic rings. The zero-order chi connectivity index (χ0) is 24.6. The standard InChI is InChI=1S/C18H16F4N4O5S/c1-4-15(27)26(32(30,31)5-2)12-7-13(11(19)6-10(12)9-23)25-16(28)8-14(18(20,21)22)24(3)17(25)29/h6-8H,4-5H2,1-3H3. The van der Waals surface area contributed by atoms with Crippen molar-refractivity contribution in [2.45, 2.75) is 26.4 Å². The average molecular weight is 476 g/mol. The molecule has 0 unspecified atom stereocenters. The summed E-state index contributed by atoms with van der Waals surface area (Å²) in [5, 5.41) is 9.32. The molecule has 1 aromatic heterocycles. The van der Waals surface area contributed by atoms with Crippen LogP contribution in [0.2, 0.25) is 0 Å². The minimum absolute atomic E-state index is 0.0440. The summed E-state index contributed by atoms with van der Waals surface area (Å²) < 4.78 is 79.2. The molecule has 0 N–H and O–H groups in total. The van der Waals surface area contributed by atoms with E-state index in [1.54, 1.807) is 0 Å². The first-order valence-corrected chi connectivity index (χ1v) is 10.5. The van der Waals surface area contributed by atoms with E-state index in [-0.39, 0.29) is 25.9 Å². The molecular weight excluding hydrogens is 460 g/mol. The highest BCUT2D eigenvalue weighted by atomic mass is 32.2. The molecule has 9 nitrogen and oxygen atoms in total. The van der Waals surface area contributed by atoms with Crippen LogP contribution in [0.3, 0.4) is 0 Å². The normalized spacial score (nSPS) is 11.8. The fourth-order valence-electron chi connectivity index (χ4n) is 2.81. The quantitative estimate of drug-likeness (QED) is 0.605. The van der Waals surface area contributed by atoms with Gasteiger partial charge in [0, 0.05) is 19.5 Å². The van der Waals surface area contributed by atoms with Crippen LogP contribution in [-0.4, -0.2) is 29.2 Å². The summed E-state index contributed by atoms with van der Waals surface area (Å²) in [5.41, 5.74) is -6.91. The third kappa shape index (κ3) is 4.28. The number of amides is 1. The second-order valence-electron chi connectivity index (χ2n) is 6.39. The third-order valence-corrected chi connectivity index (χ3v) is 6.11. The number of hydrogen-bond donors (Lipinski definition) is 0. The Morgan fingerprint density at radius 2 is 1.78 bits per heavy atom. The molecule has 32 heavy (non-hydrogen) atoms. The first-order chi connectivity index (χ1) is 14.7. The van der Waals surface area contributed by atoms with Crippen molar-refractivity contribution in [3.63, 3.8) is 0 Å². The van der Waals surface area contributed by atoms with Gasteiger partial charge in [0.1, 0.15) is 17.6 Å². The maximum absolute atomic E-state index is 14.7. The van der Waals surface area contributed by atoms with Gasteiger partial charge in [0.15, 0.2) is 0 Å². The van der Waals surface area contributed by atoms with Gasteiger partial charge in [-0.15, -0.1) is 0 Å². The van der Waals surface area contributed by atoms with Crippen molar-refractivity contribution in [1.82, 2.24) is 9.13 Å². The van der Waals surface area contributed by atoms with E-state index in [4.69, 9.17) is 0 Å². The smallest absolute Gasteiger partial charge is 0.292 e. The number of nitriles is 1. The van der Waals surface area contributed by atoms with Crippen molar-refractivity contribution in [1.29, 1.82) is 5.26 Å². The zero-order valence-corrected chi connectivity index (χ0v) is 17.7. The summed E-state index contributed by atoms with van der Waals surface area (Å²) in [5.74, 6) is -2.95. The Hall–Kier alpha value is -3.47. The Balaban J connectivity index is 2.98. The zero-order valence-electron chi connectivity index (χ0n) is 16.9. The van der Waals surface area contributed by atoms with Gasteiger partial charge in [0.05, 0.1) is 22.7 Å². The monoisotopic (exact) mass is 476 g/mol. The first kappa shape index (κ1) is 24.8. The summed E-state index contributed by atoms with van der Waals surface area (Å²) in [6.45, 7) is 2.53. The average Bonchev–Trinajstić information content (AvgIpc) is 2.71. The predicted molar refractivity (Wildman–Crippen MR) is 104 cm³/mol. The largest absolute Gasteiger partial charge is 0.431 e. The van der Waals surface area contributed by atoms with Crippen molar-refractivity contribution in [3.05, 3.63) is 56.1 Å². The number of rotatable bonds is 5. The molecule has 0 spiro atoms. The Morgan fingerprint density at radius 1 is 1.19 bits per heavy atom. The van der Waals surface area contributed by atoms with Gasteiger partial charge in [-0.1, -0.05) is 6.92 Å². The van der Waals surface area contributed by atoms with E-state index in [0.717, 1.165) is 0 Å². The maximum atomic E-state index is 14.7. The van der Waals surface area contributed by atoms with Gasteiger partial charge in [-0.3, -0.25) is 14.2 Å². The van der Waals surface area contributed by atoms with E-state index < -0.39 is 67.6 Å². The summed E-state index contributed by atoms with van der Waals surface area (Å²) in [7, 11) is -3.63. The van der Waals surface area contributed by atoms with E-state index >= 15 is 0 Å². The molecule has 0 saturated carbocycles. The van der Waals surface area contributed by atoms with E-state index in [9.17, 15) is 45.6 Å². The lowest BCUT2D eigenvalue weighted by Gasteiger charge is -2.23. The number of hydrogen-bond acceptors (Lipinski definition) is 6. The van der Waals surface area contributed by atoms with Crippen molar-refractivity contribution in [3.8, 4) is 11.8 Å². The van der Waals surface area contributed by atoms with Crippen LogP contribution in [0.4, 0.5) is 23.2 Å². The van der Waals surface area contributed by atoms with E-state index in [0.29, 0.717) is 19.2 Å². The van der Waals surface area contributed by atoms with Crippen molar-refractivity contribution >= 4 is 21.6 Å². The number of nitrogens with zero attached hydrogens (tertiary/aromatic N) is 4. The van der Waals surface area contributed by atoms with Crippen LogP contribution in [0.1, 0.15) is 31.5 Å². The SMILES string of the molecule is CCC(=O)N(c1cc(-n2c(=O)cc(C(F)(F)F)n(C)c2=O)c(F)cc1C#N)S(=O)(=O)CC. The molecule has 0 radical (unpaired) electrons. The highest BCUT2D eigenvalue weighted by Gasteiger charge is 2.36. The number of aromatic nitrogens is 2. The van der Waals surface area contributed by atoms with Gasteiger partial charge in [-0.25, -0.2) is 26.5 Å². The molecule has 172 valence electrons. The Morgan fingerprint density at radius 3 is 2.25 bits per heavy atom. The predicted octanol–water partition coefficient (Wildman–Crippen LogP) is 1.66. The third-order valence-electron chi connectivity index (χ3n) is 4.43. The topological polar surface area (TPSA) is 122 Å². The lowest BCUT2D eigenvalue weighted by Crippen LogP contribution is -2.41. The van der Waals surface area contributed by atoms with Gasteiger partial charge < -0.3 is 0 Å². The number of carbonyl (C=O) groups excluding carboxylic acids is 1. The Labute approximate surface area is 178 Å². The fourth-order valence-corrected chi connectivity index (χ4v) is 3.96. The van der Waals surface area contributed by atoms with Crippen LogP contribution in [0.25, 0.3) is 5.69 Å². The lowest BCUT2D eigenvalue weighted by molar-refractivity contribution is -0.144. The van der Waals surface area contributed by atoms with Crippen LogP contribution < -0.4 is 15.6 Å². The van der Waals surface area contributed by atoms with Crippen LogP contribution in [0, 0.1) is 17.1 Å². The molecule has 0 aliphatic heterocycles. The highest BCUT2D eigenvalue weighted by molar-refractivity contribution is 7.93. The lowest BCUT2D eigenvalue weighted by atomic mass is 10.1. The van der Waals surface area contributed by atoms with Gasteiger partial charge in [-0.05, 0) is 19.1 Å². The number of benzene rings is 1. The molecule has 1 aromatic carbocycles. The molecule has 0 fully saturated rings. The van der Waals surface area contributed by atoms with Crippen LogP contribution in [-0.2, 0) is 28.0 Å². The maximum Gasteiger partial charge on any atom is 0.431 e. The van der Waals surface area contributed by atoms with E-state index in [2.05, 4.69) is 0 Å². The highest BCUT2D eigenvalue weighted by Crippen LogP contribution is 2.30. The van der Waals surface area contributed by atoms with Crippen molar-refractivity contribution in [2.24, 2.45) is 7.05 Å². The van der Waals surface area contributed by atoms with Gasteiger partial charge in [0.2, 0.25) is 15.9 Å². The summed E-state index contributed by atoms with van der Waals surface area (Å²) in [6.07, 6.45) is -5.39. The van der Waals surface area contributed by atoms with Gasteiger partial charge in [0.25, 0.3) is 5.56 Å². The molecule has 1 amide bonds. The minimum atomic E-state index is -5.06. The van der Waals surface area contributed by atoms with E-state index in [1.165, 1.54) is 19.9 Å². The number of alkyl halides is 3. The second kappa shape index (κ2) is 8.58. The molecular formula is C18H16F4N4O5S. The molecule has 2 rings (SSSR count). The second-order valence-corrected chi connectivity index (χ2v) is 8.49. The van der Waals surface area contributed by atoms with Gasteiger partial charge in [-0.2, -0.15) is 18.4 Å². The summed E-state index contributed by atoms with van der Waals surface area (Å²) >= 11 is 0. The van der Waals surface area contributed by atoms with Gasteiger partial charge >= 0.3 is 11.9 Å². The summed E-state index contributed by atoms with van der Waals surface area (Å²) in [6, 6.07) is 2.66. The Bertz CT molecular complexity index is 1350. The number of anilines is 1. The molecule has 0 saturated heterocycles. The van der Waals surface area contributed by atoms with E-state index in [1.807, 2.05) is 0 Å². The molecule has 0 aliphatic carbocycles. The molecule has 14 heteroatoms. The van der Waals surface area contributed by atoms with Crippen LogP contribution in [0.5, 0.6) is 0 Å². The number of halogens is 4. The van der Waals surface area contributed by atoms with Crippen molar-refractivity contribution < 1.29 is 30.8 Å². The summed E-state index contributed by atoms with van der Waals surface area (Å²) in [4.78, 5) is 37.1. The molecule has 0 atom stereocenters. The van der Waals surface area contributed by atoms with Crippen molar-refractivity contribution in [2.75, 3.05) is 10.1 Å². The minimum Gasteiger partial charge on any atom is -0.292 e. The number of sulfonamides is 1. The number of carbonyl (C=O) groups is 1. The molecule has 2 aromatic rings.